The van der Waals surface area contributed by atoms with Gasteiger partial charge in [0.25, 0.3) is 5.56 Å². The Balaban J connectivity index is 0.00000341. The molecule has 31 heavy (non-hydrogen) atoms. The number of anilines is 1. The molecule has 1 aromatic heterocycles. The van der Waals surface area contributed by atoms with Crippen LogP contribution in [0.3, 0.4) is 0 Å². The SMILES string of the molecule is CNCCOC(=O)Nc1cccc(Cn2nc(-c3ccc(F)c(F)c3)ccc2=O)c1.Cl. The number of ether oxygens (including phenoxy) is 1. The summed E-state index contributed by atoms with van der Waals surface area (Å²) in [6.45, 7) is 0.898. The molecule has 0 unspecified atom stereocenters. The highest BCUT2D eigenvalue weighted by Gasteiger charge is 2.09. The van der Waals surface area contributed by atoms with Gasteiger partial charge < -0.3 is 10.1 Å². The molecule has 1 amide bonds. The van der Waals surface area contributed by atoms with Crippen LogP contribution in [0.2, 0.25) is 0 Å². The molecule has 2 N–H and O–H groups in total. The van der Waals surface area contributed by atoms with Gasteiger partial charge in [0.15, 0.2) is 11.6 Å². The van der Waals surface area contributed by atoms with E-state index in [4.69, 9.17) is 4.74 Å². The Morgan fingerprint density at radius 3 is 2.65 bits per heavy atom. The third-order valence-electron chi connectivity index (χ3n) is 4.17. The molecule has 2 aromatic carbocycles. The highest BCUT2D eigenvalue weighted by Crippen LogP contribution is 2.19. The van der Waals surface area contributed by atoms with E-state index in [-0.39, 0.29) is 31.1 Å². The number of rotatable bonds is 7. The third kappa shape index (κ3) is 6.59. The fourth-order valence-electron chi connectivity index (χ4n) is 2.69. The van der Waals surface area contributed by atoms with E-state index >= 15 is 0 Å². The summed E-state index contributed by atoms with van der Waals surface area (Å²) in [5, 5.41) is 9.73. The zero-order chi connectivity index (χ0) is 21.5. The Bertz CT molecular complexity index is 1110. The quantitative estimate of drug-likeness (QED) is 0.539. The van der Waals surface area contributed by atoms with Crippen LogP contribution in [-0.2, 0) is 11.3 Å². The molecule has 0 saturated carbocycles. The van der Waals surface area contributed by atoms with E-state index in [0.29, 0.717) is 29.1 Å². The maximum absolute atomic E-state index is 13.5. The van der Waals surface area contributed by atoms with Gasteiger partial charge in [-0.1, -0.05) is 12.1 Å². The van der Waals surface area contributed by atoms with Gasteiger partial charge in [-0.3, -0.25) is 10.1 Å². The van der Waals surface area contributed by atoms with Crippen molar-refractivity contribution in [2.45, 2.75) is 6.54 Å². The molecule has 0 aliphatic rings. The summed E-state index contributed by atoms with van der Waals surface area (Å²) < 4.78 is 32.9. The molecule has 0 fully saturated rings. The van der Waals surface area contributed by atoms with E-state index in [0.717, 1.165) is 12.1 Å². The lowest BCUT2D eigenvalue weighted by molar-refractivity contribution is 0.163. The molecule has 3 aromatic rings. The molecule has 164 valence electrons. The zero-order valence-corrected chi connectivity index (χ0v) is 17.4. The lowest BCUT2D eigenvalue weighted by atomic mass is 10.1. The van der Waals surface area contributed by atoms with Gasteiger partial charge in [0, 0.05) is 23.9 Å². The maximum Gasteiger partial charge on any atom is 0.411 e. The van der Waals surface area contributed by atoms with Gasteiger partial charge >= 0.3 is 6.09 Å². The van der Waals surface area contributed by atoms with E-state index < -0.39 is 17.7 Å². The Kier molecular flexibility index (Phi) is 8.65. The molecule has 0 radical (unpaired) electrons. The molecule has 0 bridgehead atoms. The highest BCUT2D eigenvalue weighted by atomic mass is 35.5. The van der Waals surface area contributed by atoms with Crippen molar-refractivity contribution < 1.29 is 18.3 Å². The summed E-state index contributed by atoms with van der Waals surface area (Å²) in [4.78, 5) is 24.0. The van der Waals surface area contributed by atoms with Gasteiger partial charge in [-0.2, -0.15) is 5.10 Å². The molecule has 0 spiro atoms. The number of likely N-dealkylation sites (N-methyl/N-ethyl adjacent to an activating group) is 1. The Morgan fingerprint density at radius 1 is 1.10 bits per heavy atom. The van der Waals surface area contributed by atoms with Crippen molar-refractivity contribution in [3.8, 4) is 11.3 Å². The number of halogens is 3. The summed E-state index contributed by atoms with van der Waals surface area (Å²) in [5.41, 5.74) is 1.54. The number of nitrogens with zero attached hydrogens (tertiary/aromatic N) is 2. The first-order valence-electron chi connectivity index (χ1n) is 9.17. The summed E-state index contributed by atoms with van der Waals surface area (Å²) in [6.07, 6.45) is -0.585. The topological polar surface area (TPSA) is 85.2 Å². The minimum absolute atomic E-state index is 0. The van der Waals surface area contributed by atoms with Crippen LogP contribution in [-0.4, -0.2) is 36.1 Å². The van der Waals surface area contributed by atoms with Gasteiger partial charge in [-0.05, 0) is 49.0 Å². The van der Waals surface area contributed by atoms with Crippen molar-refractivity contribution in [3.05, 3.63) is 82.1 Å². The number of hydrogen-bond donors (Lipinski definition) is 2. The molecule has 1 heterocycles. The summed E-state index contributed by atoms with van der Waals surface area (Å²) >= 11 is 0. The van der Waals surface area contributed by atoms with Crippen molar-refractivity contribution >= 4 is 24.2 Å². The van der Waals surface area contributed by atoms with Gasteiger partial charge in [-0.15, -0.1) is 12.4 Å². The van der Waals surface area contributed by atoms with Crippen LogP contribution in [0, 0.1) is 11.6 Å². The molecule has 0 saturated heterocycles. The molecule has 0 aliphatic heterocycles. The van der Waals surface area contributed by atoms with Crippen molar-refractivity contribution in [3.63, 3.8) is 0 Å². The van der Waals surface area contributed by atoms with E-state index in [2.05, 4.69) is 15.7 Å². The second-order valence-electron chi connectivity index (χ2n) is 6.41. The van der Waals surface area contributed by atoms with Crippen LogP contribution >= 0.6 is 12.4 Å². The molecule has 0 atom stereocenters. The molecule has 3 rings (SSSR count). The molecular formula is C21H21ClF2N4O3. The summed E-state index contributed by atoms with van der Waals surface area (Å²) in [5.74, 6) is -1.95. The minimum Gasteiger partial charge on any atom is -0.448 e. The van der Waals surface area contributed by atoms with E-state index in [1.807, 2.05) is 0 Å². The van der Waals surface area contributed by atoms with Crippen LogP contribution < -0.4 is 16.2 Å². The highest BCUT2D eigenvalue weighted by molar-refractivity contribution is 5.85. The number of hydrogen-bond acceptors (Lipinski definition) is 5. The van der Waals surface area contributed by atoms with Crippen molar-refractivity contribution in [2.75, 3.05) is 25.5 Å². The van der Waals surface area contributed by atoms with Crippen molar-refractivity contribution in [1.29, 1.82) is 0 Å². The lowest BCUT2D eigenvalue weighted by Gasteiger charge is -2.10. The van der Waals surface area contributed by atoms with Crippen LogP contribution in [0.1, 0.15) is 5.56 Å². The fourth-order valence-corrected chi connectivity index (χ4v) is 2.69. The van der Waals surface area contributed by atoms with Crippen molar-refractivity contribution in [1.82, 2.24) is 15.1 Å². The number of carbonyl (C=O) groups is 1. The summed E-state index contributed by atoms with van der Waals surface area (Å²) in [7, 11) is 1.75. The number of nitrogens with one attached hydrogen (secondary N) is 2. The van der Waals surface area contributed by atoms with Gasteiger partial charge in [0.2, 0.25) is 0 Å². The molecule has 7 nitrogen and oxygen atoms in total. The number of aromatic nitrogens is 2. The monoisotopic (exact) mass is 450 g/mol. The largest absolute Gasteiger partial charge is 0.448 e. The van der Waals surface area contributed by atoms with Gasteiger partial charge in [0.05, 0.1) is 12.2 Å². The average Bonchev–Trinajstić information content (AvgIpc) is 2.72. The van der Waals surface area contributed by atoms with E-state index in [1.54, 1.807) is 31.3 Å². The van der Waals surface area contributed by atoms with Crippen molar-refractivity contribution in [2.24, 2.45) is 0 Å². The van der Waals surface area contributed by atoms with Gasteiger partial charge in [0.1, 0.15) is 6.61 Å². The normalized spacial score (nSPS) is 10.3. The van der Waals surface area contributed by atoms with Crippen LogP contribution in [0.15, 0.2) is 59.4 Å². The fraction of sp³-hybridized carbons (Fsp3) is 0.190. The first-order valence-corrected chi connectivity index (χ1v) is 9.17. The lowest BCUT2D eigenvalue weighted by Crippen LogP contribution is -2.23. The number of carbonyl (C=O) groups excluding carboxylic acids is 1. The number of benzene rings is 2. The molecular weight excluding hydrogens is 430 g/mol. The predicted octanol–water partition coefficient (Wildman–Crippen LogP) is 3.43. The zero-order valence-electron chi connectivity index (χ0n) is 16.6. The molecule has 0 aliphatic carbocycles. The maximum atomic E-state index is 13.5. The number of amides is 1. The van der Waals surface area contributed by atoms with Crippen LogP contribution in [0.5, 0.6) is 0 Å². The van der Waals surface area contributed by atoms with E-state index in [9.17, 15) is 18.4 Å². The summed E-state index contributed by atoms with van der Waals surface area (Å²) in [6, 6.07) is 13.1. The van der Waals surface area contributed by atoms with Gasteiger partial charge in [-0.25, -0.2) is 18.3 Å². The predicted molar refractivity (Wildman–Crippen MR) is 116 cm³/mol. The Morgan fingerprint density at radius 2 is 1.90 bits per heavy atom. The molecule has 10 heteroatoms. The Hall–Kier alpha value is -3.30. The average molecular weight is 451 g/mol. The second-order valence-corrected chi connectivity index (χ2v) is 6.41. The standard InChI is InChI=1S/C21H20F2N4O3.ClH/c1-24-9-10-30-21(29)25-16-4-2-3-14(11-16)13-27-20(28)8-7-19(26-27)15-5-6-17(22)18(23)12-15;/h2-8,11-12,24H,9-10,13H2,1H3,(H,25,29);1H. The van der Waals surface area contributed by atoms with Crippen LogP contribution in [0.4, 0.5) is 19.3 Å². The first kappa shape index (κ1) is 24.0. The third-order valence-corrected chi connectivity index (χ3v) is 4.17. The smallest absolute Gasteiger partial charge is 0.411 e. The Labute approximate surface area is 183 Å². The van der Waals surface area contributed by atoms with Crippen LogP contribution in [0.25, 0.3) is 11.3 Å². The minimum atomic E-state index is -0.993. The second kappa shape index (κ2) is 11.2. The first-order chi connectivity index (χ1) is 14.5. The van der Waals surface area contributed by atoms with E-state index in [1.165, 1.54) is 22.9 Å².